The number of nitrogens with one attached hydrogen (secondary N) is 1. The highest BCUT2D eigenvalue weighted by Gasteiger charge is 2.28. The average Bonchev–Trinajstić information content (AvgIpc) is 3.45. The summed E-state index contributed by atoms with van der Waals surface area (Å²) < 4.78 is 1.84. The molecule has 33 heavy (non-hydrogen) atoms. The van der Waals surface area contributed by atoms with Crippen molar-refractivity contribution in [3.8, 4) is 17.5 Å². The number of rotatable bonds is 4. The highest BCUT2D eigenvalue weighted by atomic mass is 16.1. The molecular weight excluding hydrogens is 418 g/mol. The van der Waals surface area contributed by atoms with E-state index in [0.717, 1.165) is 17.5 Å². The van der Waals surface area contributed by atoms with E-state index in [9.17, 15) is 10.1 Å². The first-order valence-corrected chi connectivity index (χ1v) is 10.5. The van der Waals surface area contributed by atoms with Crippen LogP contribution in [-0.4, -0.2) is 48.6 Å². The van der Waals surface area contributed by atoms with Gasteiger partial charge in [-0.05, 0) is 43.2 Å². The maximum absolute atomic E-state index is 12.6. The smallest absolute Gasteiger partial charge is 0.256 e. The van der Waals surface area contributed by atoms with E-state index < -0.39 is 0 Å². The maximum atomic E-state index is 12.6. The van der Waals surface area contributed by atoms with Crippen LogP contribution in [-0.2, 0) is 0 Å². The van der Waals surface area contributed by atoms with Crippen molar-refractivity contribution in [1.29, 1.82) is 5.26 Å². The second kappa shape index (κ2) is 8.20. The molecule has 5 rings (SSSR count). The number of fused-ring (bicyclic) bond motifs is 1. The molecule has 10 nitrogen and oxygen atoms in total. The molecule has 0 bridgehead atoms. The zero-order valence-corrected chi connectivity index (χ0v) is 17.9. The highest BCUT2D eigenvalue weighted by Crippen LogP contribution is 2.33. The Hall–Kier alpha value is -4.52. The van der Waals surface area contributed by atoms with E-state index in [1.54, 1.807) is 23.2 Å². The first-order valence-electron chi connectivity index (χ1n) is 10.5. The fraction of sp³-hybridized carbons (Fsp3) is 0.217. The minimum absolute atomic E-state index is 0.0158. The minimum atomic E-state index is -0.250. The van der Waals surface area contributed by atoms with E-state index >= 15 is 0 Å². The van der Waals surface area contributed by atoms with Crippen LogP contribution in [0.3, 0.4) is 0 Å². The number of pyridine rings is 1. The zero-order valence-electron chi connectivity index (χ0n) is 17.9. The Morgan fingerprint density at radius 2 is 2.03 bits per heavy atom. The van der Waals surface area contributed by atoms with Crippen LogP contribution in [0.4, 0.5) is 11.6 Å². The maximum Gasteiger partial charge on any atom is 0.256 e. The standard InChI is InChI=1S/C23H21N9O/c1-14-6-8-26-18(10-14)29-23(33)16-4-2-15(3-5-16)20-19-21(25)27-13-28-22(19)32(30-20)17-7-9-31(11-17)12-24/h2-6,8,10,13,17H,7,9,11H2,1H3,(H2,25,27,28)(H,26,29,33). The molecule has 1 atom stereocenters. The van der Waals surface area contributed by atoms with Crippen LogP contribution in [0.25, 0.3) is 22.3 Å². The molecule has 0 spiro atoms. The van der Waals surface area contributed by atoms with Crippen LogP contribution in [0.5, 0.6) is 0 Å². The Kier molecular flexibility index (Phi) is 5.06. The van der Waals surface area contributed by atoms with Crippen molar-refractivity contribution in [3.63, 3.8) is 0 Å². The number of amides is 1. The molecule has 1 amide bonds. The molecule has 1 fully saturated rings. The minimum Gasteiger partial charge on any atom is -0.383 e. The number of carbonyl (C=O) groups excluding carboxylic acids is 1. The van der Waals surface area contributed by atoms with Gasteiger partial charge in [-0.3, -0.25) is 4.79 Å². The average molecular weight is 439 g/mol. The van der Waals surface area contributed by atoms with Crippen molar-refractivity contribution in [2.24, 2.45) is 0 Å². The lowest BCUT2D eigenvalue weighted by Gasteiger charge is -2.11. The molecule has 3 N–H and O–H groups in total. The Morgan fingerprint density at radius 1 is 1.21 bits per heavy atom. The SMILES string of the molecule is Cc1ccnc(NC(=O)c2ccc(-c3nn(C4CCN(C#N)C4)c4ncnc(N)c34)cc2)c1. The molecule has 4 aromatic rings. The highest BCUT2D eigenvalue weighted by molar-refractivity contribution is 6.04. The van der Waals surface area contributed by atoms with Gasteiger partial charge in [-0.15, -0.1) is 0 Å². The lowest BCUT2D eigenvalue weighted by Crippen LogP contribution is -2.17. The number of aromatic nitrogens is 5. The van der Waals surface area contributed by atoms with Gasteiger partial charge in [0.2, 0.25) is 0 Å². The third-order valence-electron chi connectivity index (χ3n) is 5.75. The molecule has 1 aliphatic heterocycles. The van der Waals surface area contributed by atoms with Crippen LogP contribution < -0.4 is 11.1 Å². The number of anilines is 2. The van der Waals surface area contributed by atoms with Crippen LogP contribution in [0.2, 0.25) is 0 Å². The van der Waals surface area contributed by atoms with Gasteiger partial charge in [0.1, 0.15) is 23.7 Å². The Bertz CT molecular complexity index is 1390. The van der Waals surface area contributed by atoms with E-state index in [1.807, 2.05) is 35.9 Å². The van der Waals surface area contributed by atoms with Crippen molar-refractivity contribution in [3.05, 3.63) is 60.0 Å². The lowest BCUT2D eigenvalue weighted by atomic mass is 10.1. The molecule has 10 heteroatoms. The van der Waals surface area contributed by atoms with Gasteiger partial charge in [0.05, 0.1) is 18.0 Å². The molecule has 0 radical (unpaired) electrons. The number of nitriles is 1. The summed E-state index contributed by atoms with van der Waals surface area (Å²) in [6.07, 6.45) is 6.06. The van der Waals surface area contributed by atoms with E-state index in [0.29, 0.717) is 47.0 Å². The summed E-state index contributed by atoms with van der Waals surface area (Å²) in [5, 5.41) is 17.5. The zero-order chi connectivity index (χ0) is 22.9. The molecule has 1 saturated heterocycles. The molecular formula is C23H21N9O. The van der Waals surface area contributed by atoms with Gasteiger partial charge in [0.15, 0.2) is 11.8 Å². The van der Waals surface area contributed by atoms with Crippen molar-refractivity contribution >= 4 is 28.6 Å². The van der Waals surface area contributed by atoms with Crippen molar-refractivity contribution < 1.29 is 4.79 Å². The Balaban J connectivity index is 1.47. The molecule has 4 heterocycles. The first kappa shape index (κ1) is 20.4. The summed E-state index contributed by atoms with van der Waals surface area (Å²) in [6.45, 7) is 3.19. The fourth-order valence-corrected chi connectivity index (χ4v) is 4.06. The Labute approximate surface area is 189 Å². The van der Waals surface area contributed by atoms with Gasteiger partial charge in [0.25, 0.3) is 5.91 Å². The number of nitrogen functional groups attached to an aromatic ring is 1. The van der Waals surface area contributed by atoms with Gasteiger partial charge >= 0.3 is 0 Å². The summed E-state index contributed by atoms with van der Waals surface area (Å²) in [5.41, 5.74) is 9.78. The van der Waals surface area contributed by atoms with E-state index in [1.165, 1.54) is 6.33 Å². The van der Waals surface area contributed by atoms with Crippen LogP contribution >= 0.6 is 0 Å². The van der Waals surface area contributed by atoms with Crippen molar-refractivity contribution in [1.82, 2.24) is 29.6 Å². The number of carbonyl (C=O) groups is 1. The summed E-state index contributed by atoms with van der Waals surface area (Å²) in [5.74, 6) is 0.589. The second-order valence-electron chi connectivity index (χ2n) is 7.99. The number of benzene rings is 1. The predicted octanol–water partition coefficient (Wildman–Crippen LogP) is 2.76. The number of hydrogen-bond donors (Lipinski definition) is 2. The number of nitrogens with two attached hydrogens (primary N) is 1. The summed E-state index contributed by atoms with van der Waals surface area (Å²) >= 11 is 0. The Morgan fingerprint density at radius 3 is 2.76 bits per heavy atom. The van der Waals surface area contributed by atoms with Gasteiger partial charge in [-0.2, -0.15) is 10.4 Å². The van der Waals surface area contributed by atoms with Gasteiger partial charge < -0.3 is 16.0 Å². The fourth-order valence-electron chi connectivity index (χ4n) is 4.06. The summed E-state index contributed by atoms with van der Waals surface area (Å²) in [4.78, 5) is 27.1. The largest absolute Gasteiger partial charge is 0.383 e. The summed E-state index contributed by atoms with van der Waals surface area (Å²) in [6, 6.07) is 10.8. The van der Waals surface area contributed by atoms with Crippen LogP contribution in [0.15, 0.2) is 48.9 Å². The van der Waals surface area contributed by atoms with E-state index in [4.69, 9.17) is 10.8 Å². The number of nitrogens with zero attached hydrogens (tertiary/aromatic N) is 7. The van der Waals surface area contributed by atoms with E-state index in [2.05, 4.69) is 26.5 Å². The molecule has 3 aromatic heterocycles. The molecule has 0 aliphatic carbocycles. The third kappa shape index (κ3) is 3.80. The van der Waals surface area contributed by atoms with E-state index in [-0.39, 0.29) is 11.9 Å². The van der Waals surface area contributed by atoms with Gasteiger partial charge in [-0.25, -0.2) is 19.6 Å². The first-order chi connectivity index (χ1) is 16.0. The van der Waals surface area contributed by atoms with Crippen LogP contribution in [0.1, 0.15) is 28.4 Å². The molecule has 164 valence electrons. The quantitative estimate of drug-likeness (QED) is 0.463. The molecule has 1 aromatic carbocycles. The lowest BCUT2D eigenvalue weighted by molar-refractivity contribution is 0.102. The second-order valence-corrected chi connectivity index (χ2v) is 7.99. The molecule has 0 saturated carbocycles. The number of aryl methyl sites for hydroxylation is 1. The van der Waals surface area contributed by atoms with Crippen molar-refractivity contribution in [2.75, 3.05) is 24.1 Å². The third-order valence-corrected chi connectivity index (χ3v) is 5.75. The van der Waals surface area contributed by atoms with Crippen LogP contribution in [0, 0.1) is 18.4 Å². The monoisotopic (exact) mass is 439 g/mol. The van der Waals surface area contributed by atoms with Crippen molar-refractivity contribution in [2.45, 2.75) is 19.4 Å². The van der Waals surface area contributed by atoms with Gasteiger partial charge in [-0.1, -0.05) is 12.1 Å². The molecule has 1 aliphatic rings. The number of likely N-dealkylation sites (tertiary alicyclic amines) is 1. The topological polar surface area (TPSA) is 139 Å². The molecule has 1 unspecified atom stereocenters. The van der Waals surface area contributed by atoms with Gasteiger partial charge in [0, 0.05) is 23.9 Å². The normalized spacial score (nSPS) is 15.5. The summed E-state index contributed by atoms with van der Waals surface area (Å²) in [7, 11) is 0. The predicted molar refractivity (Wildman–Crippen MR) is 123 cm³/mol. The number of hydrogen-bond acceptors (Lipinski definition) is 8.